The fourth-order valence-electron chi connectivity index (χ4n) is 1.72. The molecule has 5 heteroatoms. The molecule has 0 radical (unpaired) electrons. The smallest absolute Gasteiger partial charge is 0.265 e. The van der Waals surface area contributed by atoms with E-state index >= 15 is 0 Å². The fourth-order valence-corrected chi connectivity index (χ4v) is 2.19. The lowest BCUT2D eigenvalue weighted by atomic mass is 10.2. The zero-order valence-electron chi connectivity index (χ0n) is 9.61. The van der Waals surface area contributed by atoms with Gasteiger partial charge in [-0.15, -0.1) is 0 Å². The first-order chi connectivity index (χ1) is 8.22. The summed E-state index contributed by atoms with van der Waals surface area (Å²) in [6, 6.07) is 5.82. The number of carbonyl (C=O) groups excluding carboxylic acids is 1. The Morgan fingerprint density at radius 1 is 1.53 bits per heavy atom. The highest BCUT2D eigenvalue weighted by Gasteiger charge is 2.25. The van der Waals surface area contributed by atoms with Crippen molar-refractivity contribution in [3.63, 3.8) is 0 Å². The number of carbonyl (C=O) groups is 1. The number of hydrogen-bond acceptors (Lipinski definition) is 3. The van der Waals surface area contributed by atoms with Gasteiger partial charge >= 0.3 is 0 Å². The Balaban J connectivity index is 2.18. The van der Waals surface area contributed by atoms with Crippen LogP contribution >= 0.6 is 22.6 Å². The SMILES string of the molecule is CCOCCN1C(=O)COc2cc(I)ccc21. The average Bonchev–Trinajstić information content (AvgIpc) is 2.32. The average molecular weight is 347 g/mol. The van der Waals surface area contributed by atoms with E-state index in [1.165, 1.54) is 0 Å². The van der Waals surface area contributed by atoms with E-state index in [2.05, 4.69) is 22.6 Å². The van der Waals surface area contributed by atoms with Gasteiger partial charge in [-0.05, 0) is 47.7 Å². The molecule has 0 unspecified atom stereocenters. The van der Waals surface area contributed by atoms with E-state index in [4.69, 9.17) is 9.47 Å². The van der Waals surface area contributed by atoms with Crippen LogP contribution < -0.4 is 9.64 Å². The van der Waals surface area contributed by atoms with Crippen LogP contribution in [0.15, 0.2) is 18.2 Å². The maximum absolute atomic E-state index is 11.8. The minimum absolute atomic E-state index is 0.0154. The van der Waals surface area contributed by atoms with Crippen LogP contribution in [0.3, 0.4) is 0 Å². The largest absolute Gasteiger partial charge is 0.482 e. The predicted octanol–water partition coefficient (Wildman–Crippen LogP) is 2.05. The molecule has 0 saturated carbocycles. The number of benzene rings is 1. The van der Waals surface area contributed by atoms with Gasteiger partial charge in [-0.25, -0.2) is 0 Å². The summed E-state index contributed by atoms with van der Waals surface area (Å²) in [5.74, 6) is 0.756. The van der Waals surface area contributed by atoms with Crippen molar-refractivity contribution in [1.29, 1.82) is 0 Å². The second-order valence-corrected chi connectivity index (χ2v) is 4.89. The number of anilines is 1. The minimum Gasteiger partial charge on any atom is -0.482 e. The van der Waals surface area contributed by atoms with Crippen LogP contribution in [-0.4, -0.2) is 32.3 Å². The molecule has 1 aliphatic heterocycles. The van der Waals surface area contributed by atoms with E-state index in [9.17, 15) is 4.79 Å². The summed E-state index contributed by atoms with van der Waals surface area (Å²) in [6.07, 6.45) is 0. The normalized spacial score (nSPS) is 14.5. The van der Waals surface area contributed by atoms with Gasteiger partial charge in [0.15, 0.2) is 6.61 Å². The molecule has 1 amide bonds. The molecule has 4 nitrogen and oxygen atoms in total. The molecule has 0 fully saturated rings. The van der Waals surface area contributed by atoms with Gasteiger partial charge in [0.25, 0.3) is 5.91 Å². The van der Waals surface area contributed by atoms with Gasteiger partial charge in [0.1, 0.15) is 5.75 Å². The van der Waals surface area contributed by atoms with E-state index in [1.54, 1.807) is 4.90 Å². The Labute approximate surface area is 114 Å². The predicted molar refractivity (Wildman–Crippen MR) is 73.5 cm³/mol. The van der Waals surface area contributed by atoms with E-state index in [1.807, 2.05) is 25.1 Å². The van der Waals surface area contributed by atoms with Crippen molar-refractivity contribution >= 4 is 34.2 Å². The van der Waals surface area contributed by atoms with Crippen LogP contribution in [0.4, 0.5) is 5.69 Å². The molecule has 1 heterocycles. The molecular formula is C12H14INO3. The lowest BCUT2D eigenvalue weighted by molar-refractivity contribution is -0.121. The number of nitrogens with zero attached hydrogens (tertiary/aromatic N) is 1. The molecule has 0 atom stereocenters. The van der Waals surface area contributed by atoms with Crippen LogP contribution in [0.5, 0.6) is 5.75 Å². The number of hydrogen-bond donors (Lipinski definition) is 0. The standard InChI is InChI=1S/C12H14INO3/c1-2-16-6-5-14-10-4-3-9(13)7-11(10)17-8-12(14)15/h3-4,7H,2,5-6,8H2,1H3. The zero-order valence-corrected chi connectivity index (χ0v) is 11.8. The molecule has 17 heavy (non-hydrogen) atoms. The molecule has 1 aromatic carbocycles. The van der Waals surface area contributed by atoms with Crippen LogP contribution in [-0.2, 0) is 9.53 Å². The van der Waals surface area contributed by atoms with Crippen molar-refractivity contribution in [3.05, 3.63) is 21.8 Å². The number of fused-ring (bicyclic) bond motifs is 1. The first kappa shape index (κ1) is 12.6. The highest BCUT2D eigenvalue weighted by Crippen LogP contribution is 2.33. The fraction of sp³-hybridized carbons (Fsp3) is 0.417. The molecule has 1 aromatic rings. The highest BCUT2D eigenvalue weighted by molar-refractivity contribution is 14.1. The molecule has 0 spiro atoms. The molecule has 0 saturated heterocycles. The molecule has 0 aliphatic carbocycles. The van der Waals surface area contributed by atoms with Gasteiger partial charge < -0.3 is 14.4 Å². The van der Waals surface area contributed by atoms with E-state index in [0.29, 0.717) is 19.8 Å². The Morgan fingerprint density at radius 3 is 3.12 bits per heavy atom. The first-order valence-corrected chi connectivity index (χ1v) is 6.60. The number of amides is 1. The lowest BCUT2D eigenvalue weighted by Crippen LogP contribution is -2.40. The second kappa shape index (κ2) is 5.68. The van der Waals surface area contributed by atoms with E-state index < -0.39 is 0 Å². The third-order valence-corrected chi connectivity index (χ3v) is 3.20. The van der Waals surface area contributed by atoms with Crippen molar-refractivity contribution in [2.75, 3.05) is 31.3 Å². The third kappa shape index (κ3) is 2.90. The molecule has 1 aliphatic rings. The van der Waals surface area contributed by atoms with Crippen LogP contribution in [0.2, 0.25) is 0 Å². The Bertz CT molecular complexity index is 422. The van der Waals surface area contributed by atoms with Crippen molar-refractivity contribution in [3.8, 4) is 5.75 Å². The maximum Gasteiger partial charge on any atom is 0.265 e. The summed E-state index contributed by atoms with van der Waals surface area (Å²) >= 11 is 2.22. The topological polar surface area (TPSA) is 38.8 Å². The monoisotopic (exact) mass is 347 g/mol. The minimum atomic E-state index is -0.0154. The van der Waals surface area contributed by atoms with Gasteiger partial charge in [0.05, 0.1) is 12.3 Å². The molecule has 2 rings (SSSR count). The molecule has 0 bridgehead atoms. The lowest BCUT2D eigenvalue weighted by Gasteiger charge is -2.29. The summed E-state index contributed by atoms with van der Waals surface area (Å²) in [7, 11) is 0. The van der Waals surface area contributed by atoms with Gasteiger partial charge in [-0.1, -0.05) is 0 Å². The van der Waals surface area contributed by atoms with Gasteiger partial charge in [0.2, 0.25) is 0 Å². The summed E-state index contributed by atoms with van der Waals surface area (Å²) < 4.78 is 11.8. The number of halogens is 1. The quantitative estimate of drug-likeness (QED) is 0.618. The third-order valence-electron chi connectivity index (χ3n) is 2.53. The van der Waals surface area contributed by atoms with Gasteiger partial charge in [0, 0.05) is 16.7 Å². The maximum atomic E-state index is 11.8. The van der Waals surface area contributed by atoms with Crippen molar-refractivity contribution in [1.82, 2.24) is 0 Å². The van der Waals surface area contributed by atoms with E-state index in [0.717, 1.165) is 15.0 Å². The summed E-state index contributed by atoms with van der Waals surface area (Å²) in [5.41, 5.74) is 0.835. The first-order valence-electron chi connectivity index (χ1n) is 5.53. The van der Waals surface area contributed by atoms with E-state index in [-0.39, 0.29) is 12.5 Å². The Hall–Kier alpha value is -0.820. The van der Waals surface area contributed by atoms with Crippen LogP contribution in [0, 0.1) is 3.57 Å². The Morgan fingerprint density at radius 2 is 2.35 bits per heavy atom. The van der Waals surface area contributed by atoms with Crippen molar-refractivity contribution in [2.24, 2.45) is 0 Å². The summed E-state index contributed by atoms with van der Waals surface area (Å²) in [5, 5.41) is 0. The van der Waals surface area contributed by atoms with Crippen LogP contribution in [0.1, 0.15) is 6.92 Å². The highest BCUT2D eigenvalue weighted by atomic mass is 127. The van der Waals surface area contributed by atoms with Gasteiger partial charge in [-0.3, -0.25) is 4.79 Å². The zero-order chi connectivity index (χ0) is 12.3. The number of ether oxygens (including phenoxy) is 2. The summed E-state index contributed by atoms with van der Waals surface area (Å²) in [6.45, 7) is 3.84. The summed E-state index contributed by atoms with van der Waals surface area (Å²) in [4.78, 5) is 13.5. The second-order valence-electron chi connectivity index (χ2n) is 3.64. The molecule has 92 valence electrons. The molecular weight excluding hydrogens is 333 g/mol. The molecule has 0 aromatic heterocycles. The Kier molecular flexibility index (Phi) is 4.22. The van der Waals surface area contributed by atoms with Crippen LogP contribution in [0.25, 0.3) is 0 Å². The van der Waals surface area contributed by atoms with Crippen molar-refractivity contribution in [2.45, 2.75) is 6.92 Å². The van der Waals surface area contributed by atoms with Crippen molar-refractivity contribution < 1.29 is 14.3 Å². The number of rotatable bonds is 4. The van der Waals surface area contributed by atoms with Gasteiger partial charge in [-0.2, -0.15) is 0 Å². The molecule has 0 N–H and O–H groups in total.